The predicted molar refractivity (Wildman–Crippen MR) is 137 cm³/mol. The van der Waals surface area contributed by atoms with Crippen LogP contribution in [-0.4, -0.2) is 32.0 Å². The van der Waals surface area contributed by atoms with Gasteiger partial charge in [-0.25, -0.2) is 0 Å². The fourth-order valence-corrected chi connectivity index (χ4v) is 5.51. The van der Waals surface area contributed by atoms with E-state index in [4.69, 9.17) is 4.74 Å². The van der Waals surface area contributed by atoms with Crippen molar-refractivity contribution in [2.45, 2.75) is 53.9 Å². The molecule has 1 aliphatic rings. The summed E-state index contributed by atoms with van der Waals surface area (Å²) in [5.74, 6) is 1.44. The second-order valence-electron chi connectivity index (χ2n) is 10.3. The first-order chi connectivity index (χ1) is 15.6. The molecule has 1 aromatic heterocycles. The fourth-order valence-electron chi connectivity index (χ4n) is 4.17. The Kier molecular flexibility index (Phi) is 8.19. The molecule has 6 nitrogen and oxygen atoms in total. The van der Waals surface area contributed by atoms with Crippen LogP contribution in [0.25, 0.3) is 0 Å². The Balaban J connectivity index is 1.85. The topological polar surface area (TPSA) is 79.5 Å². The maximum absolute atomic E-state index is 13.4. The normalized spacial score (nSPS) is 15.8. The third-order valence-electron chi connectivity index (χ3n) is 6.16. The molecule has 1 unspecified atom stereocenters. The van der Waals surface area contributed by atoms with Crippen molar-refractivity contribution >= 4 is 33.8 Å². The summed E-state index contributed by atoms with van der Waals surface area (Å²) in [4.78, 5) is 27.2. The van der Waals surface area contributed by atoms with E-state index in [-0.39, 0.29) is 23.8 Å². The standard InChI is InChI=1S/C26H37N3O3S/c1-16(2)14-27-15-22(30)29-25-23(24(31)28-18-8-10-19(32-6)11-9-18)20-12-7-17(26(3,4)5)13-21(20)33-25/h8-11,16-17,27H,7,12-15H2,1-6H3,(H,28,31)(H,29,30). The average Bonchev–Trinajstić information content (AvgIpc) is 3.10. The summed E-state index contributed by atoms with van der Waals surface area (Å²) in [5.41, 5.74) is 2.59. The Bertz CT molecular complexity index is 974. The van der Waals surface area contributed by atoms with Gasteiger partial charge >= 0.3 is 0 Å². The molecular weight excluding hydrogens is 434 g/mol. The van der Waals surface area contributed by atoms with Crippen LogP contribution in [0.15, 0.2) is 24.3 Å². The lowest BCUT2D eigenvalue weighted by molar-refractivity contribution is -0.115. The molecular formula is C26H37N3O3S. The monoisotopic (exact) mass is 471 g/mol. The van der Waals surface area contributed by atoms with Crippen LogP contribution in [0.4, 0.5) is 10.7 Å². The van der Waals surface area contributed by atoms with Crippen molar-refractivity contribution in [3.63, 3.8) is 0 Å². The van der Waals surface area contributed by atoms with E-state index in [1.165, 1.54) is 4.88 Å². The van der Waals surface area contributed by atoms with Crippen LogP contribution < -0.4 is 20.7 Å². The van der Waals surface area contributed by atoms with Crippen LogP contribution in [0.2, 0.25) is 0 Å². The number of carbonyl (C=O) groups is 2. The Morgan fingerprint density at radius 1 is 1.15 bits per heavy atom. The number of methoxy groups -OCH3 is 1. The molecule has 3 N–H and O–H groups in total. The van der Waals surface area contributed by atoms with Gasteiger partial charge in [-0.05, 0) is 72.9 Å². The van der Waals surface area contributed by atoms with E-state index in [1.807, 2.05) is 24.3 Å². The summed E-state index contributed by atoms with van der Waals surface area (Å²) < 4.78 is 5.20. The van der Waals surface area contributed by atoms with Crippen LogP contribution in [0.1, 0.15) is 61.8 Å². The molecule has 33 heavy (non-hydrogen) atoms. The number of hydrogen-bond donors (Lipinski definition) is 3. The number of nitrogens with one attached hydrogen (secondary N) is 3. The number of amides is 2. The average molecular weight is 472 g/mol. The van der Waals surface area contributed by atoms with Gasteiger partial charge in [-0.15, -0.1) is 11.3 Å². The van der Waals surface area contributed by atoms with Gasteiger partial charge in [0.2, 0.25) is 5.91 Å². The molecule has 1 aliphatic carbocycles. The van der Waals surface area contributed by atoms with Gasteiger partial charge in [-0.1, -0.05) is 34.6 Å². The number of hydrogen-bond acceptors (Lipinski definition) is 5. The lowest BCUT2D eigenvalue weighted by Gasteiger charge is -2.33. The second-order valence-corrected chi connectivity index (χ2v) is 11.4. The Labute approximate surface area is 201 Å². The molecule has 0 aliphatic heterocycles. The minimum Gasteiger partial charge on any atom is -0.497 e. The largest absolute Gasteiger partial charge is 0.497 e. The van der Waals surface area contributed by atoms with E-state index in [2.05, 4.69) is 50.6 Å². The van der Waals surface area contributed by atoms with Crippen molar-refractivity contribution in [2.75, 3.05) is 30.8 Å². The molecule has 1 aromatic carbocycles. The van der Waals surface area contributed by atoms with E-state index in [1.54, 1.807) is 18.4 Å². The Morgan fingerprint density at radius 2 is 1.85 bits per heavy atom. The van der Waals surface area contributed by atoms with E-state index in [0.29, 0.717) is 28.1 Å². The van der Waals surface area contributed by atoms with Gasteiger partial charge in [-0.2, -0.15) is 0 Å². The molecule has 0 saturated carbocycles. The summed E-state index contributed by atoms with van der Waals surface area (Å²) in [5, 5.41) is 9.84. The van der Waals surface area contributed by atoms with Crippen molar-refractivity contribution in [3.05, 3.63) is 40.3 Å². The van der Waals surface area contributed by atoms with E-state index >= 15 is 0 Å². The molecule has 3 rings (SSSR count). The van der Waals surface area contributed by atoms with Crippen molar-refractivity contribution < 1.29 is 14.3 Å². The number of thiophene rings is 1. The SMILES string of the molecule is COc1ccc(NC(=O)c2c(NC(=O)CNCC(C)C)sc3c2CCC(C(C)(C)C)C3)cc1. The smallest absolute Gasteiger partial charge is 0.258 e. The highest BCUT2D eigenvalue weighted by molar-refractivity contribution is 7.17. The van der Waals surface area contributed by atoms with Crippen molar-refractivity contribution in [1.29, 1.82) is 0 Å². The van der Waals surface area contributed by atoms with Crippen LogP contribution in [0.3, 0.4) is 0 Å². The van der Waals surface area contributed by atoms with Gasteiger partial charge in [0.25, 0.3) is 5.91 Å². The van der Waals surface area contributed by atoms with E-state index in [0.717, 1.165) is 37.1 Å². The molecule has 0 bridgehead atoms. The zero-order chi connectivity index (χ0) is 24.2. The summed E-state index contributed by atoms with van der Waals surface area (Å²) in [7, 11) is 1.61. The number of rotatable bonds is 8. The lowest BCUT2D eigenvalue weighted by Crippen LogP contribution is -2.31. The molecule has 1 heterocycles. The van der Waals surface area contributed by atoms with Gasteiger partial charge in [0, 0.05) is 10.6 Å². The molecule has 1 atom stereocenters. The van der Waals surface area contributed by atoms with Crippen molar-refractivity contribution in [2.24, 2.45) is 17.3 Å². The second kappa shape index (κ2) is 10.7. The minimum absolute atomic E-state index is 0.125. The fraction of sp³-hybridized carbons (Fsp3) is 0.538. The summed E-state index contributed by atoms with van der Waals surface area (Å²) in [6.07, 6.45) is 2.83. The molecule has 0 fully saturated rings. The van der Waals surface area contributed by atoms with Crippen LogP contribution in [-0.2, 0) is 17.6 Å². The van der Waals surface area contributed by atoms with E-state index < -0.39 is 0 Å². The molecule has 0 saturated heterocycles. The van der Waals surface area contributed by atoms with Gasteiger partial charge < -0.3 is 20.7 Å². The lowest BCUT2D eigenvalue weighted by atomic mass is 9.72. The highest BCUT2D eigenvalue weighted by Gasteiger charge is 2.34. The minimum atomic E-state index is -0.183. The first-order valence-electron chi connectivity index (χ1n) is 11.7. The Morgan fingerprint density at radius 3 is 2.45 bits per heavy atom. The predicted octanol–water partition coefficient (Wildman–Crippen LogP) is 5.34. The molecule has 0 radical (unpaired) electrons. The maximum atomic E-state index is 13.4. The van der Waals surface area contributed by atoms with Crippen molar-refractivity contribution in [1.82, 2.24) is 5.32 Å². The molecule has 7 heteroatoms. The van der Waals surface area contributed by atoms with Gasteiger partial charge in [0.05, 0.1) is 19.2 Å². The zero-order valence-corrected chi connectivity index (χ0v) is 21.4. The van der Waals surface area contributed by atoms with E-state index in [9.17, 15) is 9.59 Å². The first kappa shape index (κ1) is 25.2. The van der Waals surface area contributed by atoms with Gasteiger partial charge in [0.1, 0.15) is 10.8 Å². The Hall–Kier alpha value is -2.38. The number of fused-ring (bicyclic) bond motifs is 1. The number of ether oxygens (including phenoxy) is 1. The zero-order valence-electron chi connectivity index (χ0n) is 20.6. The van der Waals surface area contributed by atoms with Crippen LogP contribution in [0.5, 0.6) is 5.75 Å². The summed E-state index contributed by atoms with van der Waals surface area (Å²) in [6, 6.07) is 7.27. The summed E-state index contributed by atoms with van der Waals surface area (Å²) in [6.45, 7) is 12.0. The third kappa shape index (κ3) is 6.58. The van der Waals surface area contributed by atoms with Gasteiger partial charge in [-0.3, -0.25) is 9.59 Å². The molecule has 180 valence electrons. The first-order valence-corrected chi connectivity index (χ1v) is 12.5. The molecule has 2 aromatic rings. The number of carbonyl (C=O) groups excluding carboxylic acids is 2. The van der Waals surface area contributed by atoms with Crippen LogP contribution >= 0.6 is 11.3 Å². The van der Waals surface area contributed by atoms with Crippen molar-refractivity contribution in [3.8, 4) is 5.75 Å². The quantitative estimate of drug-likeness (QED) is 0.485. The molecule has 0 spiro atoms. The molecule has 2 amide bonds. The highest BCUT2D eigenvalue weighted by Crippen LogP contribution is 2.44. The summed E-state index contributed by atoms with van der Waals surface area (Å²) >= 11 is 1.55. The maximum Gasteiger partial charge on any atom is 0.258 e. The third-order valence-corrected chi connectivity index (χ3v) is 7.33. The number of anilines is 2. The highest BCUT2D eigenvalue weighted by atomic mass is 32.1. The number of benzene rings is 1. The van der Waals surface area contributed by atoms with Crippen LogP contribution in [0, 0.1) is 17.3 Å². The van der Waals surface area contributed by atoms with Gasteiger partial charge in [0.15, 0.2) is 0 Å².